The van der Waals surface area contributed by atoms with E-state index in [-0.39, 0.29) is 11.8 Å². The van der Waals surface area contributed by atoms with Crippen LogP contribution < -0.4 is 5.32 Å². The normalized spacial score (nSPS) is 20.5. The third kappa shape index (κ3) is 4.41. The zero-order valence-electron chi connectivity index (χ0n) is 13.8. The van der Waals surface area contributed by atoms with Gasteiger partial charge in [-0.2, -0.15) is 0 Å². The summed E-state index contributed by atoms with van der Waals surface area (Å²) in [7, 11) is 2.06. The highest BCUT2D eigenvalue weighted by atomic mass is 32.1. The number of nitrogens with zero attached hydrogens (tertiary/aromatic N) is 2. The van der Waals surface area contributed by atoms with Crippen molar-refractivity contribution in [3.8, 4) is 0 Å². The summed E-state index contributed by atoms with van der Waals surface area (Å²) in [5, 5.41) is 14.9. The second-order valence-corrected chi connectivity index (χ2v) is 7.17. The molecule has 2 N–H and O–H groups in total. The van der Waals surface area contributed by atoms with E-state index in [0.717, 1.165) is 49.3 Å². The molecule has 1 saturated carbocycles. The highest BCUT2D eigenvalue weighted by Crippen LogP contribution is 2.27. The van der Waals surface area contributed by atoms with Gasteiger partial charge in [0.05, 0.1) is 23.2 Å². The fourth-order valence-corrected chi connectivity index (χ4v) is 3.74. The number of anilines is 1. The van der Waals surface area contributed by atoms with E-state index in [9.17, 15) is 9.90 Å². The van der Waals surface area contributed by atoms with Gasteiger partial charge in [-0.3, -0.25) is 9.69 Å². The zero-order chi connectivity index (χ0) is 16.9. The van der Waals surface area contributed by atoms with E-state index in [1.165, 1.54) is 0 Å². The van der Waals surface area contributed by atoms with E-state index >= 15 is 0 Å². The first-order chi connectivity index (χ1) is 11.6. The molecule has 24 heavy (non-hydrogen) atoms. The lowest BCUT2D eigenvalue weighted by atomic mass is 10.0. The number of aliphatic hydroxyl groups excluding tert-OH is 1. The van der Waals surface area contributed by atoms with Gasteiger partial charge in [0.15, 0.2) is 0 Å². The first-order valence-electron chi connectivity index (χ1n) is 8.25. The van der Waals surface area contributed by atoms with Gasteiger partial charge in [0.2, 0.25) is 5.91 Å². The topological polar surface area (TPSA) is 65.5 Å². The van der Waals surface area contributed by atoms with Crippen LogP contribution in [0.25, 0.3) is 0 Å². The van der Waals surface area contributed by atoms with Crippen LogP contribution in [0.1, 0.15) is 30.5 Å². The number of rotatable bonds is 6. The number of aliphatic hydroxyl groups is 1. The van der Waals surface area contributed by atoms with Crippen LogP contribution in [0.2, 0.25) is 0 Å². The van der Waals surface area contributed by atoms with E-state index in [2.05, 4.69) is 33.7 Å². The summed E-state index contributed by atoms with van der Waals surface area (Å²) in [5.41, 5.74) is 4.84. The quantitative estimate of drug-likeness (QED) is 0.845. The van der Waals surface area contributed by atoms with Gasteiger partial charge in [-0.05, 0) is 44.0 Å². The summed E-state index contributed by atoms with van der Waals surface area (Å²) >= 11 is 1.60. The Morgan fingerprint density at radius 3 is 3.00 bits per heavy atom. The van der Waals surface area contributed by atoms with Gasteiger partial charge in [0, 0.05) is 24.2 Å². The Labute approximate surface area is 146 Å². The molecule has 1 amide bonds. The highest BCUT2D eigenvalue weighted by molar-refractivity contribution is 7.07. The van der Waals surface area contributed by atoms with E-state index in [1.54, 1.807) is 11.3 Å². The van der Waals surface area contributed by atoms with Gasteiger partial charge < -0.3 is 10.4 Å². The number of aromatic nitrogens is 1. The maximum absolute atomic E-state index is 12.3. The molecule has 0 bridgehead atoms. The van der Waals surface area contributed by atoms with Crippen molar-refractivity contribution in [2.45, 2.75) is 38.5 Å². The fourth-order valence-electron chi connectivity index (χ4n) is 3.19. The van der Waals surface area contributed by atoms with Crippen LogP contribution >= 0.6 is 11.3 Å². The summed E-state index contributed by atoms with van der Waals surface area (Å²) in [6.07, 6.45) is 1.90. The number of amides is 1. The molecule has 5 nitrogen and oxygen atoms in total. The van der Waals surface area contributed by atoms with Gasteiger partial charge in [0.1, 0.15) is 0 Å². The predicted octanol–water partition coefficient (Wildman–Crippen LogP) is 2.87. The van der Waals surface area contributed by atoms with Gasteiger partial charge >= 0.3 is 0 Å². The first kappa shape index (κ1) is 17.1. The summed E-state index contributed by atoms with van der Waals surface area (Å²) in [4.78, 5) is 18.8. The van der Waals surface area contributed by atoms with Crippen molar-refractivity contribution in [1.29, 1.82) is 0 Å². The van der Waals surface area contributed by atoms with Crippen LogP contribution in [-0.4, -0.2) is 34.0 Å². The molecule has 1 aliphatic rings. The third-order valence-corrected chi connectivity index (χ3v) is 5.01. The molecule has 1 aromatic carbocycles. The van der Waals surface area contributed by atoms with Gasteiger partial charge in [-0.1, -0.05) is 12.1 Å². The lowest BCUT2D eigenvalue weighted by Crippen LogP contribution is -2.28. The van der Waals surface area contributed by atoms with E-state index in [0.29, 0.717) is 0 Å². The molecular weight excluding hydrogens is 322 g/mol. The molecule has 1 fully saturated rings. The van der Waals surface area contributed by atoms with Gasteiger partial charge in [-0.15, -0.1) is 11.3 Å². The van der Waals surface area contributed by atoms with Crippen molar-refractivity contribution >= 4 is 22.9 Å². The van der Waals surface area contributed by atoms with E-state index in [1.807, 2.05) is 23.7 Å². The fraction of sp³-hybridized carbons (Fsp3) is 0.444. The molecule has 1 heterocycles. The Kier molecular flexibility index (Phi) is 5.60. The van der Waals surface area contributed by atoms with Crippen LogP contribution in [0.3, 0.4) is 0 Å². The summed E-state index contributed by atoms with van der Waals surface area (Å²) in [6.45, 7) is 1.58. The maximum atomic E-state index is 12.3. The molecule has 0 radical (unpaired) electrons. The number of hydrogen-bond donors (Lipinski definition) is 2. The molecule has 0 aliphatic heterocycles. The smallest absolute Gasteiger partial charge is 0.230 e. The number of carbonyl (C=O) groups is 1. The molecule has 0 spiro atoms. The van der Waals surface area contributed by atoms with Crippen LogP contribution in [-0.2, 0) is 17.9 Å². The molecule has 3 rings (SSSR count). The molecule has 1 aliphatic carbocycles. The van der Waals surface area contributed by atoms with E-state index < -0.39 is 6.10 Å². The predicted molar refractivity (Wildman–Crippen MR) is 95.7 cm³/mol. The van der Waals surface area contributed by atoms with Crippen LogP contribution in [0, 0.1) is 5.92 Å². The Balaban J connectivity index is 1.58. The van der Waals surface area contributed by atoms with Crippen LogP contribution in [0.15, 0.2) is 35.2 Å². The molecule has 6 heteroatoms. The van der Waals surface area contributed by atoms with Crippen molar-refractivity contribution in [2.24, 2.45) is 5.92 Å². The number of nitrogens with one attached hydrogen (secondary N) is 1. The number of thiazole rings is 1. The number of hydrogen-bond acceptors (Lipinski definition) is 5. The molecule has 2 atom stereocenters. The second kappa shape index (κ2) is 7.88. The lowest BCUT2D eigenvalue weighted by Gasteiger charge is -2.17. The van der Waals surface area contributed by atoms with Crippen molar-refractivity contribution in [1.82, 2.24) is 9.88 Å². The molecule has 128 valence electrons. The van der Waals surface area contributed by atoms with Crippen LogP contribution in [0.5, 0.6) is 0 Å². The number of carbonyl (C=O) groups excluding carboxylic acids is 1. The largest absolute Gasteiger partial charge is 0.392 e. The lowest BCUT2D eigenvalue weighted by molar-refractivity contribution is -0.122. The Morgan fingerprint density at radius 2 is 2.29 bits per heavy atom. The van der Waals surface area contributed by atoms with E-state index in [4.69, 9.17) is 0 Å². The van der Waals surface area contributed by atoms with Gasteiger partial charge in [0.25, 0.3) is 0 Å². The van der Waals surface area contributed by atoms with Crippen molar-refractivity contribution in [3.05, 3.63) is 46.4 Å². The van der Waals surface area contributed by atoms with Crippen molar-refractivity contribution < 1.29 is 9.90 Å². The van der Waals surface area contributed by atoms with Crippen LogP contribution in [0.4, 0.5) is 5.69 Å². The molecule has 2 unspecified atom stereocenters. The Hall–Kier alpha value is -1.76. The summed E-state index contributed by atoms with van der Waals surface area (Å²) in [5.74, 6) is -0.353. The molecule has 2 aromatic rings. The highest BCUT2D eigenvalue weighted by Gasteiger charge is 2.31. The molecular formula is C18H23N3O2S. The molecule has 1 aromatic heterocycles. The van der Waals surface area contributed by atoms with Crippen molar-refractivity contribution in [3.63, 3.8) is 0 Å². The average molecular weight is 345 g/mol. The number of benzene rings is 1. The van der Waals surface area contributed by atoms with Gasteiger partial charge in [-0.25, -0.2) is 4.98 Å². The minimum Gasteiger partial charge on any atom is -0.392 e. The Morgan fingerprint density at radius 1 is 1.42 bits per heavy atom. The first-order valence-corrected chi connectivity index (χ1v) is 9.19. The minimum absolute atomic E-state index is 0.0759. The monoisotopic (exact) mass is 345 g/mol. The zero-order valence-corrected chi connectivity index (χ0v) is 14.6. The molecule has 0 saturated heterocycles. The Bertz CT molecular complexity index is 675. The standard InChI is InChI=1S/C18H23N3O2S/c1-21(10-15-11-24-12-19-15)9-13-4-2-5-14(8-13)20-18(23)16-6-3-7-17(16)22/h2,4-5,8,11-12,16-17,22H,3,6-7,9-10H2,1H3,(H,20,23). The second-order valence-electron chi connectivity index (χ2n) is 6.45. The van der Waals surface area contributed by atoms with Crippen molar-refractivity contribution in [2.75, 3.05) is 12.4 Å². The summed E-state index contributed by atoms with van der Waals surface area (Å²) in [6, 6.07) is 7.89. The summed E-state index contributed by atoms with van der Waals surface area (Å²) < 4.78 is 0. The minimum atomic E-state index is -0.502. The maximum Gasteiger partial charge on any atom is 0.230 e. The third-order valence-electron chi connectivity index (χ3n) is 4.38. The SMILES string of the molecule is CN(Cc1cccc(NC(=O)C2CCCC2O)c1)Cc1cscn1. The average Bonchev–Trinajstić information content (AvgIpc) is 3.19.